The van der Waals surface area contributed by atoms with Gasteiger partial charge in [-0.1, -0.05) is 12.1 Å². The SMILES string of the molecule is COc1ccc(CCNCC(C)(C)SC)cc1. The van der Waals surface area contributed by atoms with E-state index in [1.54, 1.807) is 7.11 Å². The van der Waals surface area contributed by atoms with Crippen molar-refractivity contribution in [3.8, 4) is 5.75 Å². The molecule has 0 saturated carbocycles. The molecule has 0 aliphatic rings. The molecule has 0 heterocycles. The third-order valence-corrected chi connectivity index (χ3v) is 4.10. The zero-order chi connectivity index (χ0) is 12.7. The van der Waals surface area contributed by atoms with Crippen LogP contribution in [0, 0.1) is 0 Å². The first-order valence-electron chi connectivity index (χ1n) is 5.96. The van der Waals surface area contributed by atoms with Crippen molar-refractivity contribution < 1.29 is 4.74 Å². The van der Waals surface area contributed by atoms with Gasteiger partial charge in [-0.15, -0.1) is 0 Å². The maximum absolute atomic E-state index is 5.14. The molecule has 0 unspecified atom stereocenters. The van der Waals surface area contributed by atoms with Gasteiger partial charge in [-0.05, 0) is 50.8 Å². The zero-order valence-corrected chi connectivity index (χ0v) is 12.1. The number of hydrogen-bond acceptors (Lipinski definition) is 3. The number of thioether (sulfide) groups is 1. The van der Waals surface area contributed by atoms with Crippen LogP contribution in [-0.4, -0.2) is 31.2 Å². The zero-order valence-electron chi connectivity index (χ0n) is 11.2. The fourth-order valence-electron chi connectivity index (χ4n) is 1.49. The van der Waals surface area contributed by atoms with Gasteiger partial charge in [0.2, 0.25) is 0 Å². The van der Waals surface area contributed by atoms with Crippen LogP contribution in [0.1, 0.15) is 19.4 Å². The second-order valence-electron chi connectivity index (χ2n) is 4.74. The number of benzene rings is 1. The maximum atomic E-state index is 5.14. The van der Waals surface area contributed by atoms with Crippen LogP contribution in [-0.2, 0) is 6.42 Å². The molecule has 3 heteroatoms. The average Bonchev–Trinajstić information content (AvgIpc) is 2.35. The van der Waals surface area contributed by atoms with Crippen molar-refractivity contribution in [3.05, 3.63) is 29.8 Å². The summed E-state index contributed by atoms with van der Waals surface area (Å²) in [4.78, 5) is 0. The number of methoxy groups -OCH3 is 1. The van der Waals surface area contributed by atoms with Crippen LogP contribution >= 0.6 is 11.8 Å². The van der Waals surface area contributed by atoms with Gasteiger partial charge in [-0.2, -0.15) is 11.8 Å². The molecule has 0 fully saturated rings. The molecule has 1 aromatic rings. The molecule has 1 N–H and O–H groups in total. The molecule has 0 atom stereocenters. The van der Waals surface area contributed by atoms with Crippen molar-refractivity contribution in [1.82, 2.24) is 5.32 Å². The number of ether oxygens (including phenoxy) is 1. The van der Waals surface area contributed by atoms with Gasteiger partial charge in [0.05, 0.1) is 7.11 Å². The predicted molar refractivity (Wildman–Crippen MR) is 77.2 cm³/mol. The normalized spacial score (nSPS) is 11.5. The first-order valence-corrected chi connectivity index (χ1v) is 7.19. The highest BCUT2D eigenvalue weighted by atomic mass is 32.2. The van der Waals surface area contributed by atoms with E-state index < -0.39 is 0 Å². The fraction of sp³-hybridized carbons (Fsp3) is 0.571. The van der Waals surface area contributed by atoms with Gasteiger partial charge < -0.3 is 10.1 Å². The Morgan fingerprint density at radius 2 is 1.88 bits per heavy atom. The lowest BCUT2D eigenvalue weighted by Crippen LogP contribution is -2.33. The molecule has 0 radical (unpaired) electrons. The smallest absolute Gasteiger partial charge is 0.118 e. The molecule has 0 bridgehead atoms. The van der Waals surface area contributed by atoms with Gasteiger partial charge in [0, 0.05) is 11.3 Å². The van der Waals surface area contributed by atoms with Crippen molar-refractivity contribution in [1.29, 1.82) is 0 Å². The molecule has 96 valence electrons. The van der Waals surface area contributed by atoms with Crippen LogP contribution in [0.4, 0.5) is 0 Å². The minimum atomic E-state index is 0.319. The number of hydrogen-bond donors (Lipinski definition) is 1. The fourth-order valence-corrected chi connectivity index (χ4v) is 1.73. The van der Waals surface area contributed by atoms with Gasteiger partial charge in [-0.3, -0.25) is 0 Å². The summed E-state index contributed by atoms with van der Waals surface area (Å²) in [5.41, 5.74) is 1.35. The lowest BCUT2D eigenvalue weighted by Gasteiger charge is -2.22. The van der Waals surface area contributed by atoms with E-state index in [2.05, 4.69) is 37.6 Å². The molecule has 0 aromatic heterocycles. The molecule has 0 saturated heterocycles. The van der Waals surface area contributed by atoms with Gasteiger partial charge in [0.15, 0.2) is 0 Å². The van der Waals surface area contributed by atoms with Crippen LogP contribution in [0.3, 0.4) is 0 Å². The van der Waals surface area contributed by atoms with Gasteiger partial charge in [0.25, 0.3) is 0 Å². The van der Waals surface area contributed by atoms with E-state index in [0.717, 1.165) is 25.3 Å². The summed E-state index contributed by atoms with van der Waals surface area (Å²) in [5.74, 6) is 0.922. The van der Waals surface area contributed by atoms with E-state index >= 15 is 0 Å². The van der Waals surface area contributed by atoms with Crippen LogP contribution in [0.25, 0.3) is 0 Å². The molecular formula is C14H23NOS. The minimum Gasteiger partial charge on any atom is -0.497 e. The lowest BCUT2D eigenvalue weighted by atomic mass is 10.1. The third-order valence-electron chi connectivity index (χ3n) is 2.85. The quantitative estimate of drug-likeness (QED) is 0.755. The Kier molecular flexibility index (Phi) is 5.86. The van der Waals surface area contributed by atoms with Gasteiger partial charge in [-0.25, -0.2) is 0 Å². The maximum Gasteiger partial charge on any atom is 0.118 e. The van der Waals surface area contributed by atoms with Crippen LogP contribution < -0.4 is 10.1 Å². The standard InChI is InChI=1S/C14H23NOS/c1-14(2,17-4)11-15-10-9-12-5-7-13(16-3)8-6-12/h5-8,15H,9-11H2,1-4H3. The Hall–Kier alpha value is -0.670. The van der Waals surface area contributed by atoms with Gasteiger partial charge in [0.1, 0.15) is 5.75 Å². The van der Waals surface area contributed by atoms with E-state index in [1.165, 1.54) is 5.56 Å². The predicted octanol–water partition coefficient (Wildman–Crippen LogP) is 2.97. The first-order chi connectivity index (χ1) is 8.07. The summed E-state index contributed by atoms with van der Waals surface area (Å²) >= 11 is 1.90. The topological polar surface area (TPSA) is 21.3 Å². The summed E-state index contributed by atoms with van der Waals surface area (Å²) in [6, 6.07) is 8.28. The van der Waals surface area contributed by atoms with Crippen molar-refractivity contribution in [2.75, 3.05) is 26.5 Å². The summed E-state index contributed by atoms with van der Waals surface area (Å²) in [5, 5.41) is 3.50. The third kappa shape index (κ3) is 5.46. The number of nitrogens with one attached hydrogen (secondary N) is 1. The Labute approximate surface area is 109 Å². The number of rotatable bonds is 7. The molecule has 17 heavy (non-hydrogen) atoms. The Morgan fingerprint density at radius 3 is 2.41 bits per heavy atom. The van der Waals surface area contributed by atoms with Crippen molar-refractivity contribution in [2.24, 2.45) is 0 Å². The van der Waals surface area contributed by atoms with E-state index in [0.29, 0.717) is 4.75 Å². The molecule has 0 spiro atoms. The van der Waals surface area contributed by atoms with E-state index in [-0.39, 0.29) is 0 Å². The second-order valence-corrected chi connectivity index (χ2v) is 6.25. The summed E-state index contributed by atoms with van der Waals surface area (Å²) in [7, 11) is 1.70. The monoisotopic (exact) mass is 253 g/mol. The molecular weight excluding hydrogens is 230 g/mol. The summed E-state index contributed by atoms with van der Waals surface area (Å²) in [6.07, 6.45) is 3.22. The van der Waals surface area contributed by atoms with Crippen molar-refractivity contribution in [3.63, 3.8) is 0 Å². The van der Waals surface area contributed by atoms with E-state index in [9.17, 15) is 0 Å². The summed E-state index contributed by atoms with van der Waals surface area (Å²) < 4.78 is 5.46. The highest BCUT2D eigenvalue weighted by Gasteiger charge is 2.14. The highest BCUT2D eigenvalue weighted by Crippen LogP contribution is 2.19. The molecule has 0 aliphatic heterocycles. The Morgan fingerprint density at radius 1 is 1.24 bits per heavy atom. The summed E-state index contributed by atoms with van der Waals surface area (Å²) in [6.45, 7) is 6.59. The largest absolute Gasteiger partial charge is 0.497 e. The van der Waals surface area contributed by atoms with Crippen molar-refractivity contribution >= 4 is 11.8 Å². The van der Waals surface area contributed by atoms with Crippen LogP contribution in [0.2, 0.25) is 0 Å². The van der Waals surface area contributed by atoms with Crippen LogP contribution in [0.5, 0.6) is 5.75 Å². The molecule has 1 aromatic carbocycles. The van der Waals surface area contributed by atoms with E-state index in [1.807, 2.05) is 23.9 Å². The minimum absolute atomic E-state index is 0.319. The highest BCUT2D eigenvalue weighted by molar-refractivity contribution is 7.99. The molecule has 0 aliphatic carbocycles. The molecule has 2 nitrogen and oxygen atoms in total. The second kappa shape index (κ2) is 6.92. The first kappa shape index (κ1) is 14.4. The van der Waals surface area contributed by atoms with Crippen LogP contribution in [0.15, 0.2) is 24.3 Å². The Balaban J connectivity index is 2.26. The molecule has 1 rings (SSSR count). The van der Waals surface area contributed by atoms with E-state index in [4.69, 9.17) is 4.74 Å². The van der Waals surface area contributed by atoms with Crippen molar-refractivity contribution in [2.45, 2.75) is 25.0 Å². The molecule has 0 amide bonds. The average molecular weight is 253 g/mol. The lowest BCUT2D eigenvalue weighted by molar-refractivity contribution is 0.414. The van der Waals surface area contributed by atoms with Gasteiger partial charge >= 0.3 is 0 Å². The Bertz CT molecular complexity index is 321.